The number of carbonyl (C=O) groups excluding carboxylic acids is 1. The SMILES string of the molecule is [2H]C([2H])([2H])NC(=O)c1ccc(N2CCN(Cc3ccc4nc(CCF)c(=O)[nH]c4c3)CC2)cn1. The van der Waals surface area contributed by atoms with Crippen molar-refractivity contribution in [3.63, 3.8) is 0 Å². The zero-order valence-corrected chi connectivity index (χ0v) is 16.9. The van der Waals surface area contributed by atoms with E-state index in [0.29, 0.717) is 17.6 Å². The number of pyridine rings is 1. The van der Waals surface area contributed by atoms with Gasteiger partial charge in [0.2, 0.25) is 0 Å². The number of rotatable bonds is 6. The highest BCUT2D eigenvalue weighted by molar-refractivity contribution is 5.92. The Balaban J connectivity index is 1.35. The number of anilines is 1. The molecule has 2 aromatic heterocycles. The Bertz CT molecular complexity index is 1220. The van der Waals surface area contributed by atoms with E-state index in [1.807, 2.05) is 23.5 Å². The first kappa shape index (κ1) is 17.4. The van der Waals surface area contributed by atoms with Crippen LogP contribution in [0.25, 0.3) is 11.0 Å². The number of hydrogen-bond donors (Lipinski definition) is 2. The standard InChI is InChI=1S/C22H25FN6O2/c1-24-21(30)18-5-3-16(13-25-18)29-10-8-28(9-11-29)14-15-2-4-17-20(12-15)27-22(31)19(26-17)6-7-23/h2-5,12-13H,6-11,14H2,1H3,(H,24,30)(H,27,31)/i1D3. The second-order valence-electron chi connectivity index (χ2n) is 7.42. The zero-order chi connectivity index (χ0) is 24.3. The van der Waals surface area contributed by atoms with Gasteiger partial charge < -0.3 is 15.2 Å². The molecule has 9 heteroatoms. The van der Waals surface area contributed by atoms with E-state index in [-0.39, 0.29) is 23.4 Å². The lowest BCUT2D eigenvalue weighted by atomic mass is 10.1. The molecule has 1 fully saturated rings. The normalized spacial score (nSPS) is 16.5. The highest BCUT2D eigenvalue weighted by Crippen LogP contribution is 2.18. The number of carbonyl (C=O) groups is 1. The molecule has 162 valence electrons. The van der Waals surface area contributed by atoms with Gasteiger partial charge in [-0.15, -0.1) is 0 Å². The van der Waals surface area contributed by atoms with Crippen LogP contribution in [0.2, 0.25) is 0 Å². The Kier molecular flexibility index (Phi) is 5.16. The van der Waals surface area contributed by atoms with Crippen molar-refractivity contribution in [2.45, 2.75) is 13.0 Å². The van der Waals surface area contributed by atoms with E-state index < -0.39 is 19.6 Å². The van der Waals surface area contributed by atoms with Crippen molar-refractivity contribution in [3.05, 3.63) is 63.8 Å². The van der Waals surface area contributed by atoms with E-state index in [1.54, 1.807) is 12.3 Å². The van der Waals surface area contributed by atoms with E-state index in [0.717, 1.165) is 37.4 Å². The summed E-state index contributed by atoms with van der Waals surface area (Å²) in [6, 6.07) is 9.00. The fraction of sp³-hybridized carbons (Fsp3) is 0.364. The second kappa shape index (κ2) is 9.22. The number of aromatic nitrogens is 3. The number of fused-ring (bicyclic) bond motifs is 1. The molecule has 0 atom stereocenters. The summed E-state index contributed by atoms with van der Waals surface area (Å²) >= 11 is 0. The van der Waals surface area contributed by atoms with E-state index in [9.17, 15) is 14.0 Å². The third-order valence-corrected chi connectivity index (χ3v) is 5.40. The number of nitrogens with zero attached hydrogens (tertiary/aromatic N) is 4. The minimum Gasteiger partial charge on any atom is -0.368 e. The molecule has 1 aliphatic heterocycles. The minimum absolute atomic E-state index is 0.00494. The molecule has 1 saturated heterocycles. The molecule has 3 aromatic rings. The number of alkyl halides is 1. The van der Waals surface area contributed by atoms with Gasteiger partial charge >= 0.3 is 0 Å². The summed E-state index contributed by atoms with van der Waals surface area (Å²) in [6.45, 7) is 0.689. The van der Waals surface area contributed by atoms with Crippen LogP contribution in [0.1, 0.15) is 25.9 Å². The molecule has 0 spiro atoms. The van der Waals surface area contributed by atoms with Crippen molar-refractivity contribution >= 4 is 22.6 Å². The van der Waals surface area contributed by atoms with Crippen LogP contribution >= 0.6 is 0 Å². The van der Waals surface area contributed by atoms with Gasteiger partial charge in [-0.1, -0.05) is 6.07 Å². The first-order valence-electron chi connectivity index (χ1n) is 11.6. The molecule has 0 aliphatic carbocycles. The van der Waals surface area contributed by atoms with Crippen LogP contribution < -0.4 is 15.8 Å². The van der Waals surface area contributed by atoms with Gasteiger partial charge in [0.15, 0.2) is 0 Å². The average molecular weight is 427 g/mol. The Labute approximate surface area is 183 Å². The topological polar surface area (TPSA) is 94.2 Å². The lowest BCUT2D eigenvalue weighted by Crippen LogP contribution is -2.46. The molecule has 1 aromatic carbocycles. The average Bonchev–Trinajstić information content (AvgIpc) is 2.79. The number of benzene rings is 1. The molecule has 0 saturated carbocycles. The van der Waals surface area contributed by atoms with E-state index in [4.69, 9.17) is 4.11 Å². The molecule has 31 heavy (non-hydrogen) atoms. The van der Waals surface area contributed by atoms with Crippen LogP contribution in [-0.4, -0.2) is 65.6 Å². The van der Waals surface area contributed by atoms with Gasteiger partial charge in [0.1, 0.15) is 11.4 Å². The molecular weight excluding hydrogens is 399 g/mol. The van der Waals surface area contributed by atoms with Crippen molar-refractivity contribution in [2.24, 2.45) is 0 Å². The quantitative estimate of drug-likeness (QED) is 0.619. The molecule has 0 unspecified atom stereocenters. The third-order valence-electron chi connectivity index (χ3n) is 5.40. The number of amides is 1. The first-order valence-corrected chi connectivity index (χ1v) is 10.1. The number of nitrogens with one attached hydrogen (secondary N) is 2. The minimum atomic E-state index is -2.55. The number of piperazine rings is 1. The van der Waals surface area contributed by atoms with Gasteiger partial charge in [-0.05, 0) is 29.8 Å². The molecule has 0 radical (unpaired) electrons. The lowest BCUT2D eigenvalue weighted by Gasteiger charge is -2.36. The molecule has 1 aliphatic rings. The monoisotopic (exact) mass is 427 g/mol. The summed E-state index contributed by atoms with van der Waals surface area (Å²) in [4.78, 5) is 39.6. The maximum Gasteiger partial charge on any atom is 0.270 e. The van der Waals surface area contributed by atoms with Crippen molar-refractivity contribution < 1.29 is 13.3 Å². The molecule has 1 amide bonds. The van der Waals surface area contributed by atoms with Crippen LogP contribution in [0.3, 0.4) is 0 Å². The summed E-state index contributed by atoms with van der Waals surface area (Å²) in [5.41, 5.74) is 3.09. The van der Waals surface area contributed by atoms with E-state index >= 15 is 0 Å². The number of aryl methyl sites for hydroxylation is 1. The molecule has 8 nitrogen and oxygen atoms in total. The van der Waals surface area contributed by atoms with Gasteiger partial charge in [0.05, 0.1) is 29.6 Å². The zero-order valence-electron chi connectivity index (χ0n) is 19.9. The largest absolute Gasteiger partial charge is 0.368 e. The molecule has 0 bridgehead atoms. The van der Waals surface area contributed by atoms with Gasteiger partial charge in [0, 0.05) is 50.2 Å². The third kappa shape index (κ3) is 4.72. The lowest BCUT2D eigenvalue weighted by molar-refractivity contribution is 0.0958. The van der Waals surface area contributed by atoms with Gasteiger partial charge in [-0.2, -0.15) is 0 Å². The maximum absolute atomic E-state index is 12.6. The number of hydrogen-bond acceptors (Lipinski definition) is 6. The molecule has 3 heterocycles. The second-order valence-corrected chi connectivity index (χ2v) is 7.42. The number of halogens is 1. The van der Waals surface area contributed by atoms with Crippen molar-refractivity contribution in [2.75, 3.05) is 44.7 Å². The molecular formula is C22H25FN6O2. The fourth-order valence-corrected chi connectivity index (χ4v) is 3.72. The van der Waals surface area contributed by atoms with Crippen molar-refractivity contribution in [1.82, 2.24) is 25.2 Å². The van der Waals surface area contributed by atoms with Crippen molar-refractivity contribution in [1.29, 1.82) is 0 Å². The highest BCUT2D eigenvalue weighted by Gasteiger charge is 2.18. The predicted octanol–water partition coefficient (Wildman–Crippen LogP) is 1.51. The Hall–Kier alpha value is -3.33. The van der Waals surface area contributed by atoms with Crippen molar-refractivity contribution in [3.8, 4) is 0 Å². The summed E-state index contributed by atoms with van der Waals surface area (Å²) in [5, 5.41) is 1.93. The van der Waals surface area contributed by atoms with Crippen LogP contribution in [0.4, 0.5) is 10.1 Å². The Morgan fingerprint density at radius 3 is 2.81 bits per heavy atom. The van der Waals surface area contributed by atoms with Crippen LogP contribution in [-0.2, 0) is 13.0 Å². The van der Waals surface area contributed by atoms with Gasteiger partial charge in [-0.25, -0.2) is 9.97 Å². The van der Waals surface area contributed by atoms with Gasteiger partial charge in [-0.3, -0.25) is 18.9 Å². The molecule has 2 N–H and O–H groups in total. The highest BCUT2D eigenvalue weighted by atomic mass is 19.1. The van der Waals surface area contributed by atoms with E-state index in [1.165, 1.54) is 6.07 Å². The smallest absolute Gasteiger partial charge is 0.270 e. The Morgan fingerprint density at radius 2 is 2.10 bits per heavy atom. The fourth-order valence-electron chi connectivity index (χ4n) is 3.72. The first-order chi connectivity index (χ1) is 16.2. The van der Waals surface area contributed by atoms with E-state index in [2.05, 4.69) is 24.8 Å². The maximum atomic E-state index is 12.6. The molecule has 4 rings (SSSR count). The summed E-state index contributed by atoms with van der Waals surface area (Å²) in [6.07, 6.45) is 1.58. The summed E-state index contributed by atoms with van der Waals surface area (Å²) in [5.74, 6) is -0.734. The number of aromatic amines is 1. The summed E-state index contributed by atoms with van der Waals surface area (Å²) < 4.78 is 33.9. The number of H-pyrrole nitrogens is 1. The van der Waals surface area contributed by atoms with Crippen LogP contribution in [0.5, 0.6) is 0 Å². The Morgan fingerprint density at radius 1 is 1.26 bits per heavy atom. The van der Waals surface area contributed by atoms with Gasteiger partial charge in [0.25, 0.3) is 11.5 Å². The van der Waals surface area contributed by atoms with Crippen LogP contribution in [0.15, 0.2) is 41.3 Å². The van der Waals surface area contributed by atoms with Crippen LogP contribution in [0, 0.1) is 0 Å². The predicted molar refractivity (Wildman–Crippen MR) is 117 cm³/mol. The summed E-state index contributed by atoms with van der Waals surface area (Å²) in [7, 11) is 0.